The van der Waals surface area contributed by atoms with Crippen molar-refractivity contribution in [1.82, 2.24) is 0 Å². The number of hydrogen-bond acceptors (Lipinski definition) is 2. The second-order valence-corrected chi connectivity index (χ2v) is 9.15. The van der Waals surface area contributed by atoms with Gasteiger partial charge in [0.1, 0.15) is 0 Å². The zero-order chi connectivity index (χ0) is 22.0. The summed E-state index contributed by atoms with van der Waals surface area (Å²) in [5.74, 6) is -0.284. The zero-order valence-corrected chi connectivity index (χ0v) is 18.2. The Morgan fingerprint density at radius 2 is 1.65 bits per heavy atom. The molecule has 0 aliphatic heterocycles. The lowest BCUT2D eigenvalue weighted by Gasteiger charge is -2.41. The molecule has 0 amide bonds. The van der Waals surface area contributed by atoms with Gasteiger partial charge >= 0.3 is 5.97 Å². The van der Waals surface area contributed by atoms with Crippen molar-refractivity contribution < 1.29 is 18.3 Å². The minimum absolute atomic E-state index is 0.173. The molecular weight excluding hydrogens is 394 g/mol. The highest BCUT2D eigenvalue weighted by atomic mass is 19.2. The third-order valence-corrected chi connectivity index (χ3v) is 7.18. The molecule has 0 saturated heterocycles. The average Bonchev–Trinajstić information content (AvgIpc) is 2.79. The monoisotopic (exact) mass is 424 g/mol. The van der Waals surface area contributed by atoms with Gasteiger partial charge in [-0.1, -0.05) is 30.4 Å². The maximum atomic E-state index is 14.0. The summed E-state index contributed by atoms with van der Waals surface area (Å²) in [7, 11) is 0. The molecule has 0 radical (unpaired) electrons. The Kier molecular flexibility index (Phi) is 6.54. The predicted octanol–water partition coefficient (Wildman–Crippen LogP) is 7.37. The number of halogens is 2. The van der Waals surface area contributed by atoms with E-state index in [0.29, 0.717) is 11.5 Å². The lowest BCUT2D eigenvalue weighted by Crippen LogP contribution is -2.30. The fourth-order valence-corrected chi connectivity index (χ4v) is 5.43. The summed E-state index contributed by atoms with van der Waals surface area (Å²) >= 11 is 0. The van der Waals surface area contributed by atoms with Gasteiger partial charge in [0.05, 0.1) is 5.56 Å². The summed E-state index contributed by atoms with van der Waals surface area (Å²) in [6.45, 7) is 3.57. The Labute approximate surface area is 183 Å². The molecule has 0 N–H and O–H groups in total. The number of allylic oxidation sites excluding steroid dienone is 2. The van der Waals surface area contributed by atoms with Gasteiger partial charge in [0.15, 0.2) is 11.6 Å². The van der Waals surface area contributed by atoms with Gasteiger partial charge in [-0.05, 0) is 105 Å². The van der Waals surface area contributed by atoms with Crippen molar-refractivity contribution in [2.75, 3.05) is 0 Å². The van der Waals surface area contributed by atoms with Crippen LogP contribution in [0.1, 0.15) is 72.9 Å². The van der Waals surface area contributed by atoms with Crippen molar-refractivity contribution in [2.45, 2.75) is 58.3 Å². The summed E-state index contributed by atoms with van der Waals surface area (Å²) in [5.41, 5.74) is 1.76. The summed E-state index contributed by atoms with van der Waals surface area (Å²) in [4.78, 5) is 12.4. The zero-order valence-electron chi connectivity index (χ0n) is 18.2. The molecule has 0 spiro atoms. The van der Waals surface area contributed by atoms with Crippen LogP contribution in [0.15, 0.2) is 48.6 Å². The molecule has 2 saturated carbocycles. The molecule has 31 heavy (non-hydrogen) atoms. The Morgan fingerprint density at radius 3 is 2.39 bits per heavy atom. The van der Waals surface area contributed by atoms with E-state index in [1.54, 1.807) is 12.1 Å². The van der Waals surface area contributed by atoms with Crippen LogP contribution in [0.4, 0.5) is 8.78 Å². The molecule has 2 aliphatic rings. The predicted molar refractivity (Wildman–Crippen MR) is 118 cm³/mol. The first kappa shape index (κ1) is 21.7. The summed E-state index contributed by atoms with van der Waals surface area (Å²) in [5, 5.41) is 0. The highest BCUT2D eigenvalue weighted by molar-refractivity contribution is 5.91. The number of ether oxygens (including phenoxy) is 1. The van der Waals surface area contributed by atoms with E-state index in [1.165, 1.54) is 63.1 Å². The van der Waals surface area contributed by atoms with Gasteiger partial charge in [-0.25, -0.2) is 9.18 Å². The van der Waals surface area contributed by atoms with E-state index in [0.717, 1.165) is 17.8 Å². The summed E-state index contributed by atoms with van der Waals surface area (Å²) in [6, 6.07) is 10.1. The minimum atomic E-state index is -1.13. The standard InChI is InChI=1S/C27H30F2O2/c1-3-4-18-6-7-23-16-22(13-12-21(23)15-18)19-8-10-20(11-9-19)27(30)31-24-14-5-17(2)25(28)26(24)29/h3-5,8-11,14,18,21-23H,6-7,12-13,15-16H2,1-2H3/b4-3+. The fourth-order valence-electron chi connectivity index (χ4n) is 5.43. The molecule has 4 rings (SSSR count). The molecule has 0 aromatic heterocycles. The van der Waals surface area contributed by atoms with Crippen LogP contribution in [0.3, 0.4) is 0 Å². The number of esters is 1. The van der Waals surface area contributed by atoms with Crippen LogP contribution in [0.5, 0.6) is 5.75 Å². The first-order valence-electron chi connectivity index (χ1n) is 11.4. The molecule has 164 valence electrons. The van der Waals surface area contributed by atoms with Gasteiger partial charge in [0.25, 0.3) is 0 Å². The van der Waals surface area contributed by atoms with E-state index < -0.39 is 17.6 Å². The number of carbonyl (C=O) groups excluding carboxylic acids is 1. The van der Waals surface area contributed by atoms with Crippen LogP contribution >= 0.6 is 0 Å². The van der Waals surface area contributed by atoms with E-state index in [-0.39, 0.29) is 11.3 Å². The molecule has 4 heteroatoms. The van der Waals surface area contributed by atoms with Gasteiger partial charge in [-0.3, -0.25) is 0 Å². The number of fused-ring (bicyclic) bond motifs is 1. The first-order chi connectivity index (χ1) is 15.0. The van der Waals surface area contributed by atoms with Crippen molar-refractivity contribution in [3.8, 4) is 5.75 Å². The van der Waals surface area contributed by atoms with Crippen LogP contribution in [0, 0.1) is 36.3 Å². The normalized spacial score (nSPS) is 25.9. The molecule has 0 heterocycles. The lowest BCUT2D eigenvalue weighted by atomic mass is 9.64. The SMILES string of the molecule is C/C=C/C1CCC2CC(c3ccc(C(=O)Oc4ccc(C)c(F)c4F)cc3)CCC2C1. The highest BCUT2D eigenvalue weighted by Gasteiger charge is 2.35. The van der Waals surface area contributed by atoms with Crippen LogP contribution < -0.4 is 4.74 Å². The Balaban J connectivity index is 1.39. The van der Waals surface area contributed by atoms with E-state index in [9.17, 15) is 13.6 Å². The van der Waals surface area contributed by atoms with Gasteiger partial charge < -0.3 is 4.74 Å². The minimum Gasteiger partial charge on any atom is -0.420 e. The molecule has 2 aromatic carbocycles. The molecule has 4 unspecified atom stereocenters. The molecule has 4 atom stereocenters. The Bertz CT molecular complexity index is 964. The van der Waals surface area contributed by atoms with Gasteiger partial charge in [-0.15, -0.1) is 0 Å². The number of carbonyl (C=O) groups is 1. The van der Waals surface area contributed by atoms with Gasteiger partial charge in [-0.2, -0.15) is 4.39 Å². The van der Waals surface area contributed by atoms with Crippen LogP contribution in [-0.2, 0) is 0 Å². The maximum absolute atomic E-state index is 14.0. The fraction of sp³-hybridized carbons (Fsp3) is 0.444. The molecule has 2 fully saturated rings. The van der Waals surface area contributed by atoms with E-state index >= 15 is 0 Å². The molecule has 2 nitrogen and oxygen atoms in total. The van der Waals surface area contributed by atoms with Gasteiger partial charge in [0, 0.05) is 0 Å². The second-order valence-electron chi connectivity index (χ2n) is 9.15. The van der Waals surface area contributed by atoms with Crippen LogP contribution in [0.25, 0.3) is 0 Å². The van der Waals surface area contributed by atoms with E-state index in [4.69, 9.17) is 4.74 Å². The van der Waals surface area contributed by atoms with Crippen molar-refractivity contribution in [2.24, 2.45) is 17.8 Å². The highest BCUT2D eigenvalue weighted by Crippen LogP contribution is 2.47. The van der Waals surface area contributed by atoms with Crippen molar-refractivity contribution >= 4 is 5.97 Å². The van der Waals surface area contributed by atoms with Crippen molar-refractivity contribution in [3.63, 3.8) is 0 Å². The summed E-state index contributed by atoms with van der Waals surface area (Å²) in [6.07, 6.45) is 12.1. The maximum Gasteiger partial charge on any atom is 0.343 e. The van der Waals surface area contributed by atoms with Gasteiger partial charge in [0.2, 0.25) is 5.82 Å². The largest absolute Gasteiger partial charge is 0.420 e. The smallest absolute Gasteiger partial charge is 0.343 e. The summed E-state index contributed by atoms with van der Waals surface area (Å²) < 4.78 is 32.8. The van der Waals surface area contributed by atoms with E-state index in [2.05, 4.69) is 19.1 Å². The Hall–Kier alpha value is -2.49. The third kappa shape index (κ3) is 4.73. The number of hydrogen-bond donors (Lipinski definition) is 0. The second kappa shape index (κ2) is 9.33. The van der Waals surface area contributed by atoms with Crippen LogP contribution in [0.2, 0.25) is 0 Å². The van der Waals surface area contributed by atoms with Crippen molar-refractivity contribution in [1.29, 1.82) is 0 Å². The first-order valence-corrected chi connectivity index (χ1v) is 11.4. The van der Waals surface area contributed by atoms with Crippen molar-refractivity contribution in [3.05, 3.63) is 76.9 Å². The number of aryl methyl sites for hydroxylation is 1. The average molecular weight is 425 g/mol. The number of rotatable bonds is 4. The lowest BCUT2D eigenvalue weighted by molar-refractivity contribution is 0.0726. The van der Waals surface area contributed by atoms with E-state index in [1.807, 2.05) is 12.1 Å². The molecule has 2 aliphatic carbocycles. The quantitative estimate of drug-likeness (QED) is 0.291. The topological polar surface area (TPSA) is 26.3 Å². The molecule has 0 bridgehead atoms. The Morgan fingerprint density at radius 1 is 0.935 bits per heavy atom. The molecule has 2 aromatic rings. The number of benzene rings is 2. The third-order valence-electron chi connectivity index (χ3n) is 7.18. The molecular formula is C27H30F2O2. The van der Waals surface area contributed by atoms with Crippen LogP contribution in [-0.4, -0.2) is 5.97 Å².